The molecule has 1 nitrogen and oxygen atoms in total. The lowest BCUT2D eigenvalue weighted by Gasteiger charge is -2.35. The fourth-order valence-electron chi connectivity index (χ4n) is 2.15. The first-order valence-electron chi connectivity index (χ1n) is 4.84. The Labute approximate surface area is 69.8 Å². The largest absolute Gasteiger partial charge is 0.393 e. The topological polar surface area (TPSA) is 20.2 Å². The van der Waals surface area contributed by atoms with Crippen molar-refractivity contribution < 1.29 is 5.11 Å². The lowest BCUT2D eigenvalue weighted by atomic mass is 9.72. The van der Waals surface area contributed by atoms with Gasteiger partial charge in [0, 0.05) is 0 Å². The summed E-state index contributed by atoms with van der Waals surface area (Å²) in [5.41, 5.74) is 0.550. The molecule has 0 amide bonds. The maximum Gasteiger partial charge on any atom is 0.0540 e. The number of hydrogen-bond acceptors (Lipinski definition) is 1. The van der Waals surface area contributed by atoms with Crippen molar-refractivity contribution in [3.8, 4) is 0 Å². The highest BCUT2D eigenvalue weighted by Crippen LogP contribution is 2.39. The minimum Gasteiger partial charge on any atom is -0.393 e. The second kappa shape index (κ2) is 3.57. The minimum absolute atomic E-state index is 0.0000638. The maximum absolute atomic E-state index is 9.31. The molecule has 0 unspecified atom stereocenters. The molecule has 1 aliphatic rings. The first-order valence-corrected chi connectivity index (χ1v) is 4.84. The zero-order chi connectivity index (χ0) is 8.32. The molecule has 0 saturated heterocycles. The molecule has 0 heterocycles. The molecule has 11 heavy (non-hydrogen) atoms. The second-order valence-corrected chi connectivity index (χ2v) is 4.29. The molecule has 1 saturated carbocycles. The van der Waals surface area contributed by atoms with Gasteiger partial charge in [0.2, 0.25) is 0 Å². The number of hydrogen-bond donors (Lipinski definition) is 1. The zero-order valence-electron chi connectivity index (χ0n) is 7.77. The first-order chi connectivity index (χ1) is 5.16. The van der Waals surface area contributed by atoms with Crippen LogP contribution in [-0.4, -0.2) is 11.2 Å². The van der Waals surface area contributed by atoms with Crippen LogP contribution in [0.5, 0.6) is 0 Å². The van der Waals surface area contributed by atoms with Gasteiger partial charge < -0.3 is 5.11 Å². The summed E-state index contributed by atoms with van der Waals surface area (Å²) in [6, 6.07) is 0. The third kappa shape index (κ3) is 2.48. The summed E-state index contributed by atoms with van der Waals surface area (Å²) in [6.45, 7) is 4.61. The van der Waals surface area contributed by atoms with Gasteiger partial charge in [-0.1, -0.05) is 20.3 Å². The molecule has 1 rings (SSSR count). The third-order valence-electron chi connectivity index (χ3n) is 3.02. The lowest BCUT2D eigenvalue weighted by Crippen LogP contribution is -2.26. The smallest absolute Gasteiger partial charge is 0.0540 e. The van der Waals surface area contributed by atoms with Gasteiger partial charge >= 0.3 is 0 Å². The molecule has 0 bridgehead atoms. The Bertz CT molecular complexity index is 112. The number of aliphatic hydroxyl groups is 1. The van der Waals surface area contributed by atoms with Crippen LogP contribution < -0.4 is 0 Å². The van der Waals surface area contributed by atoms with Gasteiger partial charge in [-0.25, -0.2) is 0 Å². The van der Waals surface area contributed by atoms with Crippen molar-refractivity contribution in [1.29, 1.82) is 0 Å². The van der Waals surface area contributed by atoms with E-state index in [0.29, 0.717) is 5.41 Å². The Hall–Kier alpha value is -0.0400. The predicted molar refractivity (Wildman–Crippen MR) is 47.5 cm³/mol. The van der Waals surface area contributed by atoms with E-state index < -0.39 is 0 Å². The molecule has 1 fully saturated rings. The molecule has 0 spiro atoms. The van der Waals surface area contributed by atoms with Crippen LogP contribution in [0.25, 0.3) is 0 Å². The first kappa shape index (κ1) is 9.05. The van der Waals surface area contributed by atoms with Crippen LogP contribution in [0, 0.1) is 5.41 Å². The summed E-state index contributed by atoms with van der Waals surface area (Å²) >= 11 is 0. The van der Waals surface area contributed by atoms with Crippen molar-refractivity contribution in [2.45, 2.75) is 58.5 Å². The Balaban J connectivity index is 2.35. The van der Waals surface area contributed by atoms with Crippen molar-refractivity contribution >= 4 is 0 Å². The normalized spacial score (nSPS) is 39.0. The monoisotopic (exact) mass is 156 g/mol. The van der Waals surface area contributed by atoms with Crippen LogP contribution >= 0.6 is 0 Å². The SMILES string of the molecule is CCCC1(C)CCC(O)CC1. The van der Waals surface area contributed by atoms with Gasteiger partial charge in [0.25, 0.3) is 0 Å². The summed E-state index contributed by atoms with van der Waals surface area (Å²) < 4.78 is 0. The standard InChI is InChI=1S/C10H20O/c1-3-6-10(2)7-4-9(11)5-8-10/h9,11H,3-8H2,1-2H3. The van der Waals surface area contributed by atoms with E-state index in [1.165, 1.54) is 25.7 Å². The van der Waals surface area contributed by atoms with Gasteiger partial charge in [0.1, 0.15) is 0 Å². The molecule has 0 aliphatic heterocycles. The molecular weight excluding hydrogens is 136 g/mol. The van der Waals surface area contributed by atoms with Crippen molar-refractivity contribution in [3.63, 3.8) is 0 Å². The fraction of sp³-hybridized carbons (Fsp3) is 1.00. The summed E-state index contributed by atoms with van der Waals surface area (Å²) in [5, 5.41) is 9.31. The Morgan fingerprint density at radius 1 is 1.36 bits per heavy atom. The van der Waals surface area contributed by atoms with Gasteiger partial charge in [0.15, 0.2) is 0 Å². The predicted octanol–water partition coefficient (Wildman–Crippen LogP) is 2.73. The highest BCUT2D eigenvalue weighted by atomic mass is 16.3. The van der Waals surface area contributed by atoms with Crippen LogP contribution in [0.2, 0.25) is 0 Å². The highest BCUT2D eigenvalue weighted by Gasteiger charge is 2.28. The molecule has 0 radical (unpaired) electrons. The summed E-state index contributed by atoms with van der Waals surface area (Å²) in [5.74, 6) is 0. The molecular formula is C10H20O. The van der Waals surface area contributed by atoms with E-state index in [-0.39, 0.29) is 6.10 Å². The molecule has 1 aliphatic carbocycles. The van der Waals surface area contributed by atoms with Crippen LogP contribution in [-0.2, 0) is 0 Å². The van der Waals surface area contributed by atoms with E-state index in [4.69, 9.17) is 0 Å². The van der Waals surface area contributed by atoms with E-state index in [1.807, 2.05) is 0 Å². The Morgan fingerprint density at radius 3 is 2.36 bits per heavy atom. The molecule has 66 valence electrons. The van der Waals surface area contributed by atoms with Gasteiger partial charge in [-0.05, 0) is 37.5 Å². The molecule has 0 aromatic carbocycles. The second-order valence-electron chi connectivity index (χ2n) is 4.29. The number of aliphatic hydroxyl groups excluding tert-OH is 1. The molecule has 1 N–H and O–H groups in total. The van der Waals surface area contributed by atoms with Crippen molar-refractivity contribution in [2.24, 2.45) is 5.41 Å². The Kier molecular flexibility index (Phi) is 2.94. The van der Waals surface area contributed by atoms with Crippen LogP contribution in [0.15, 0.2) is 0 Å². The van der Waals surface area contributed by atoms with Crippen molar-refractivity contribution in [3.05, 3.63) is 0 Å². The fourth-order valence-corrected chi connectivity index (χ4v) is 2.15. The van der Waals surface area contributed by atoms with Crippen LogP contribution in [0.4, 0.5) is 0 Å². The van der Waals surface area contributed by atoms with E-state index in [9.17, 15) is 5.11 Å². The summed E-state index contributed by atoms with van der Waals surface area (Å²) in [6.07, 6.45) is 7.11. The maximum atomic E-state index is 9.31. The lowest BCUT2D eigenvalue weighted by molar-refractivity contribution is 0.0667. The van der Waals surface area contributed by atoms with Crippen molar-refractivity contribution in [1.82, 2.24) is 0 Å². The quantitative estimate of drug-likeness (QED) is 0.651. The van der Waals surface area contributed by atoms with Gasteiger partial charge in [-0.15, -0.1) is 0 Å². The third-order valence-corrected chi connectivity index (χ3v) is 3.02. The Morgan fingerprint density at radius 2 is 1.91 bits per heavy atom. The summed E-state index contributed by atoms with van der Waals surface area (Å²) in [4.78, 5) is 0. The van der Waals surface area contributed by atoms with E-state index >= 15 is 0 Å². The van der Waals surface area contributed by atoms with E-state index in [1.54, 1.807) is 0 Å². The van der Waals surface area contributed by atoms with Gasteiger partial charge in [-0.3, -0.25) is 0 Å². The molecule has 0 aromatic heterocycles. The van der Waals surface area contributed by atoms with E-state index in [2.05, 4.69) is 13.8 Å². The average Bonchev–Trinajstić information content (AvgIpc) is 1.97. The van der Waals surface area contributed by atoms with Crippen molar-refractivity contribution in [2.75, 3.05) is 0 Å². The summed E-state index contributed by atoms with van der Waals surface area (Å²) in [7, 11) is 0. The molecule has 0 aromatic rings. The van der Waals surface area contributed by atoms with E-state index in [0.717, 1.165) is 12.8 Å². The highest BCUT2D eigenvalue weighted by molar-refractivity contribution is 4.81. The molecule has 1 heteroatoms. The van der Waals surface area contributed by atoms with Gasteiger partial charge in [-0.2, -0.15) is 0 Å². The average molecular weight is 156 g/mol. The zero-order valence-corrected chi connectivity index (χ0v) is 7.77. The van der Waals surface area contributed by atoms with Crippen LogP contribution in [0.3, 0.4) is 0 Å². The van der Waals surface area contributed by atoms with Crippen LogP contribution in [0.1, 0.15) is 52.4 Å². The number of rotatable bonds is 2. The van der Waals surface area contributed by atoms with Gasteiger partial charge in [0.05, 0.1) is 6.10 Å². The molecule has 0 atom stereocenters. The minimum atomic E-state index is -0.0000638.